The summed E-state index contributed by atoms with van der Waals surface area (Å²) in [5.41, 5.74) is 9.11. The molecule has 14 nitrogen and oxygen atoms in total. The van der Waals surface area contributed by atoms with E-state index >= 15 is 0 Å². The van der Waals surface area contributed by atoms with Crippen molar-refractivity contribution in [3.05, 3.63) is 59.9 Å². The molecule has 5 rings (SSSR count). The number of nitrogens with zero attached hydrogens (tertiary/aromatic N) is 7. The van der Waals surface area contributed by atoms with Crippen LogP contribution in [0.3, 0.4) is 0 Å². The van der Waals surface area contributed by atoms with Crippen LogP contribution in [0.5, 0.6) is 0 Å². The van der Waals surface area contributed by atoms with Gasteiger partial charge >= 0.3 is 0 Å². The van der Waals surface area contributed by atoms with Crippen molar-refractivity contribution in [1.29, 1.82) is 0 Å². The second-order valence-corrected chi connectivity index (χ2v) is 11.1. The van der Waals surface area contributed by atoms with Crippen LogP contribution in [0.1, 0.15) is 24.2 Å². The minimum atomic E-state index is -0.118. The van der Waals surface area contributed by atoms with Gasteiger partial charge in [-0.25, -0.2) is 9.97 Å². The fourth-order valence-electron chi connectivity index (χ4n) is 5.13. The highest BCUT2D eigenvalue weighted by molar-refractivity contribution is 6.11. The highest BCUT2D eigenvalue weighted by atomic mass is 16.5. The van der Waals surface area contributed by atoms with Crippen LogP contribution in [0, 0.1) is 0 Å². The van der Waals surface area contributed by atoms with E-state index in [0.29, 0.717) is 45.2 Å². The molecule has 46 heavy (non-hydrogen) atoms. The van der Waals surface area contributed by atoms with Gasteiger partial charge in [-0.15, -0.1) is 10.2 Å². The molecular formula is C32H43N11O3. The number of benzene rings is 2. The quantitative estimate of drug-likeness (QED) is 0.0986. The van der Waals surface area contributed by atoms with Crippen molar-refractivity contribution in [3.8, 4) is 11.4 Å². The van der Waals surface area contributed by atoms with Gasteiger partial charge in [0.05, 0.1) is 32.3 Å². The molecule has 5 aromatic rings. The standard InChI is InChI=1S/C32H43N11O3/c1-42(15-6-13-34-28(44)22-46-19-18-45-17-12-33)16-7-14-35-31-29-25-11-10-24(30-39-41-43(2)40-30)21-26(25)36-32(29)38-27(37-31)20-23-8-4-3-5-9-23/h3-5,8-11,21H,6-7,12-20,22,33H2,1-2H3,(H,34,44)(H2,35,36,37,38). The Bertz CT molecular complexity index is 1690. The van der Waals surface area contributed by atoms with E-state index in [1.807, 2.05) is 30.3 Å². The molecule has 0 bridgehead atoms. The number of aryl methyl sites for hydroxylation is 1. The number of nitrogens with two attached hydrogens (primary N) is 1. The maximum atomic E-state index is 11.9. The highest BCUT2D eigenvalue weighted by Crippen LogP contribution is 2.32. The van der Waals surface area contributed by atoms with Gasteiger partial charge in [0.2, 0.25) is 11.7 Å². The van der Waals surface area contributed by atoms with Crippen LogP contribution >= 0.6 is 0 Å². The smallest absolute Gasteiger partial charge is 0.246 e. The summed E-state index contributed by atoms with van der Waals surface area (Å²) >= 11 is 0. The first-order chi connectivity index (χ1) is 22.5. The van der Waals surface area contributed by atoms with Gasteiger partial charge in [-0.3, -0.25) is 4.79 Å². The van der Waals surface area contributed by atoms with E-state index in [4.69, 9.17) is 25.2 Å². The average molecular weight is 630 g/mol. The van der Waals surface area contributed by atoms with E-state index in [1.165, 1.54) is 4.80 Å². The van der Waals surface area contributed by atoms with E-state index in [9.17, 15) is 4.79 Å². The number of fused-ring (bicyclic) bond motifs is 3. The topological polar surface area (TPSA) is 174 Å². The highest BCUT2D eigenvalue weighted by Gasteiger charge is 2.16. The number of amides is 1. The SMILES string of the molecule is CN(CCCNC(=O)COCCOCCN)CCCNc1nc(Cc2ccccc2)nc2[nH]c3cc(-c4nnn(C)n4)ccc3c12. The Labute approximate surface area is 268 Å². The zero-order valence-electron chi connectivity index (χ0n) is 26.5. The van der Waals surface area contributed by atoms with Crippen LogP contribution in [0.4, 0.5) is 5.82 Å². The summed E-state index contributed by atoms with van der Waals surface area (Å²) in [7, 11) is 3.84. The van der Waals surface area contributed by atoms with E-state index in [1.54, 1.807) is 7.05 Å². The average Bonchev–Trinajstić information content (AvgIpc) is 3.66. The summed E-state index contributed by atoms with van der Waals surface area (Å²) in [6.45, 7) is 4.95. The van der Waals surface area contributed by atoms with Crippen molar-refractivity contribution in [2.24, 2.45) is 12.8 Å². The first-order valence-corrected chi connectivity index (χ1v) is 15.7. The maximum Gasteiger partial charge on any atom is 0.246 e. The first kappa shape index (κ1) is 32.9. The summed E-state index contributed by atoms with van der Waals surface area (Å²) < 4.78 is 10.5. The largest absolute Gasteiger partial charge is 0.378 e. The number of ether oxygens (including phenoxy) is 2. The van der Waals surface area contributed by atoms with E-state index < -0.39 is 0 Å². The Hall–Kier alpha value is -4.50. The lowest BCUT2D eigenvalue weighted by Crippen LogP contribution is -2.31. The molecule has 0 aliphatic rings. The summed E-state index contributed by atoms with van der Waals surface area (Å²) in [6, 6.07) is 16.3. The van der Waals surface area contributed by atoms with Gasteiger partial charge in [-0.05, 0) is 49.8 Å². The van der Waals surface area contributed by atoms with Crippen LogP contribution < -0.4 is 16.4 Å². The first-order valence-electron chi connectivity index (χ1n) is 15.7. The second kappa shape index (κ2) is 16.7. The Balaban J connectivity index is 1.16. The lowest BCUT2D eigenvalue weighted by molar-refractivity contribution is -0.126. The number of aromatic amines is 1. The van der Waals surface area contributed by atoms with Gasteiger partial charge in [0.15, 0.2) is 0 Å². The summed E-state index contributed by atoms with van der Waals surface area (Å²) in [5.74, 6) is 2.00. The van der Waals surface area contributed by atoms with Crippen molar-refractivity contribution >= 4 is 33.7 Å². The van der Waals surface area contributed by atoms with Crippen LogP contribution in [-0.2, 0) is 27.7 Å². The minimum Gasteiger partial charge on any atom is -0.378 e. The number of nitrogens with one attached hydrogen (secondary N) is 3. The molecule has 0 aliphatic carbocycles. The third-order valence-electron chi connectivity index (χ3n) is 7.38. The number of anilines is 1. The molecule has 3 aromatic heterocycles. The third kappa shape index (κ3) is 9.26. The molecule has 0 spiro atoms. The second-order valence-electron chi connectivity index (χ2n) is 11.1. The van der Waals surface area contributed by atoms with Crippen molar-refractivity contribution < 1.29 is 14.3 Å². The Morgan fingerprint density at radius 3 is 2.61 bits per heavy atom. The molecule has 3 heterocycles. The van der Waals surface area contributed by atoms with Gasteiger partial charge in [0.1, 0.15) is 23.9 Å². The lowest BCUT2D eigenvalue weighted by atomic mass is 10.1. The number of rotatable bonds is 19. The number of hydrogen-bond acceptors (Lipinski definition) is 11. The van der Waals surface area contributed by atoms with Crippen LogP contribution in [0.15, 0.2) is 48.5 Å². The van der Waals surface area contributed by atoms with Crippen molar-refractivity contribution in [2.75, 3.05) is 71.5 Å². The zero-order chi connectivity index (χ0) is 32.1. The van der Waals surface area contributed by atoms with Crippen molar-refractivity contribution in [3.63, 3.8) is 0 Å². The van der Waals surface area contributed by atoms with E-state index in [0.717, 1.165) is 77.2 Å². The van der Waals surface area contributed by atoms with Crippen LogP contribution in [-0.4, -0.2) is 112 Å². The summed E-state index contributed by atoms with van der Waals surface area (Å²) in [4.78, 5) is 29.0. The van der Waals surface area contributed by atoms with Gasteiger partial charge in [0.25, 0.3) is 0 Å². The number of aromatic nitrogens is 7. The molecule has 2 aromatic carbocycles. The summed E-state index contributed by atoms with van der Waals surface area (Å²) in [5, 5.41) is 20.9. The fourth-order valence-corrected chi connectivity index (χ4v) is 5.13. The van der Waals surface area contributed by atoms with E-state index in [2.05, 4.69) is 61.2 Å². The fraction of sp³-hybridized carbons (Fsp3) is 0.438. The predicted octanol–water partition coefficient (Wildman–Crippen LogP) is 2.12. The molecule has 0 unspecified atom stereocenters. The number of carbonyl (C=O) groups is 1. The molecule has 14 heteroatoms. The third-order valence-corrected chi connectivity index (χ3v) is 7.38. The Morgan fingerprint density at radius 2 is 1.83 bits per heavy atom. The van der Waals surface area contributed by atoms with Crippen molar-refractivity contribution in [2.45, 2.75) is 19.3 Å². The molecule has 0 aliphatic heterocycles. The van der Waals surface area contributed by atoms with Gasteiger partial charge in [0, 0.05) is 42.5 Å². The maximum absolute atomic E-state index is 11.9. The normalized spacial score (nSPS) is 11.6. The molecule has 0 fully saturated rings. The molecule has 0 saturated heterocycles. The molecule has 244 valence electrons. The predicted molar refractivity (Wildman–Crippen MR) is 177 cm³/mol. The number of carbonyl (C=O) groups excluding carboxylic acids is 1. The van der Waals surface area contributed by atoms with Crippen LogP contribution in [0.25, 0.3) is 33.3 Å². The Morgan fingerprint density at radius 1 is 1.02 bits per heavy atom. The zero-order valence-corrected chi connectivity index (χ0v) is 26.5. The Kier molecular flexibility index (Phi) is 11.9. The van der Waals surface area contributed by atoms with Gasteiger partial charge in [-0.1, -0.05) is 42.5 Å². The number of hydrogen-bond donors (Lipinski definition) is 4. The summed E-state index contributed by atoms with van der Waals surface area (Å²) in [6.07, 6.45) is 2.41. The van der Waals surface area contributed by atoms with Gasteiger partial charge < -0.3 is 35.7 Å². The van der Waals surface area contributed by atoms with Crippen LogP contribution in [0.2, 0.25) is 0 Å². The molecular weight excluding hydrogens is 586 g/mol. The minimum absolute atomic E-state index is 0.0351. The molecule has 0 atom stereocenters. The number of H-pyrrole nitrogens is 1. The molecule has 0 saturated carbocycles. The molecule has 5 N–H and O–H groups in total. The molecule has 0 radical (unpaired) electrons. The van der Waals surface area contributed by atoms with E-state index in [-0.39, 0.29) is 12.5 Å². The van der Waals surface area contributed by atoms with Crippen molar-refractivity contribution in [1.82, 2.24) is 45.4 Å². The van der Waals surface area contributed by atoms with Gasteiger partial charge in [-0.2, -0.15) is 4.80 Å². The molecule has 1 amide bonds. The lowest BCUT2D eigenvalue weighted by Gasteiger charge is -2.17. The monoisotopic (exact) mass is 629 g/mol. The number of tetrazole rings is 1.